The smallest absolute Gasteiger partial charge is 0.257 e. The summed E-state index contributed by atoms with van der Waals surface area (Å²) in [7, 11) is -1.40. The predicted octanol–water partition coefficient (Wildman–Crippen LogP) is 0.805. The molecule has 3 rings (SSSR count). The summed E-state index contributed by atoms with van der Waals surface area (Å²) in [6.07, 6.45) is 2.77. The van der Waals surface area contributed by atoms with Gasteiger partial charge in [0.15, 0.2) is 0 Å². The molecule has 8 heteroatoms. The maximum atomic E-state index is 12.9. The van der Waals surface area contributed by atoms with Crippen molar-refractivity contribution in [1.82, 2.24) is 19.0 Å². The van der Waals surface area contributed by atoms with Crippen molar-refractivity contribution in [3.63, 3.8) is 0 Å². The summed E-state index contributed by atoms with van der Waals surface area (Å²) < 4.78 is 26.3. The van der Waals surface area contributed by atoms with Crippen molar-refractivity contribution in [3.8, 4) is 11.3 Å². The van der Waals surface area contributed by atoms with Gasteiger partial charge in [-0.25, -0.2) is 8.42 Å². The van der Waals surface area contributed by atoms with Gasteiger partial charge in [0.1, 0.15) is 0 Å². The lowest BCUT2D eigenvalue weighted by molar-refractivity contribution is 0.0699. The third-order valence-corrected chi connectivity index (χ3v) is 5.51. The van der Waals surface area contributed by atoms with Crippen LogP contribution in [0.5, 0.6) is 0 Å². The molecule has 2 aromatic rings. The molecular formula is C16H20N4O3S. The number of carbonyl (C=O) groups excluding carboxylic acids is 1. The number of amides is 1. The van der Waals surface area contributed by atoms with Gasteiger partial charge in [0.25, 0.3) is 5.91 Å². The monoisotopic (exact) mass is 348 g/mol. The molecule has 24 heavy (non-hydrogen) atoms. The van der Waals surface area contributed by atoms with Crippen LogP contribution in [0.2, 0.25) is 0 Å². The van der Waals surface area contributed by atoms with E-state index in [0.717, 1.165) is 11.3 Å². The highest BCUT2D eigenvalue weighted by Gasteiger charge is 2.28. The van der Waals surface area contributed by atoms with Gasteiger partial charge in [-0.3, -0.25) is 9.48 Å². The van der Waals surface area contributed by atoms with E-state index in [1.165, 1.54) is 10.6 Å². The molecule has 0 aliphatic carbocycles. The van der Waals surface area contributed by atoms with E-state index in [9.17, 15) is 13.2 Å². The number of piperazine rings is 1. The minimum absolute atomic E-state index is 0.116. The van der Waals surface area contributed by atoms with E-state index in [1.54, 1.807) is 22.8 Å². The molecule has 0 radical (unpaired) electrons. The van der Waals surface area contributed by atoms with Gasteiger partial charge in [-0.2, -0.15) is 9.40 Å². The molecule has 0 N–H and O–H groups in total. The fourth-order valence-electron chi connectivity index (χ4n) is 2.93. The normalized spacial score (nSPS) is 16.3. The Morgan fingerprint density at radius 1 is 1.08 bits per heavy atom. The van der Waals surface area contributed by atoms with Crippen molar-refractivity contribution >= 4 is 15.9 Å². The van der Waals surface area contributed by atoms with Gasteiger partial charge < -0.3 is 4.90 Å². The number of rotatable bonds is 3. The molecule has 1 aliphatic rings. The van der Waals surface area contributed by atoms with Crippen LogP contribution in [0.15, 0.2) is 36.5 Å². The standard InChI is InChI=1S/C16H20N4O3S/c1-18-15(13-6-4-3-5-7-13)14(12-17-18)16(21)19-8-10-20(11-9-19)24(2,22)23/h3-7,12H,8-11H2,1-2H3. The van der Waals surface area contributed by atoms with Gasteiger partial charge in [0, 0.05) is 38.8 Å². The van der Waals surface area contributed by atoms with Crippen LogP contribution in [0.25, 0.3) is 11.3 Å². The summed E-state index contributed by atoms with van der Waals surface area (Å²) in [6.45, 7) is 1.42. The molecule has 0 saturated carbocycles. The number of hydrogen-bond acceptors (Lipinski definition) is 4. The fourth-order valence-corrected chi connectivity index (χ4v) is 3.75. The van der Waals surface area contributed by atoms with Crippen LogP contribution in [-0.2, 0) is 17.1 Å². The van der Waals surface area contributed by atoms with Crippen molar-refractivity contribution in [2.24, 2.45) is 7.05 Å². The summed E-state index contributed by atoms with van der Waals surface area (Å²) >= 11 is 0. The third kappa shape index (κ3) is 3.20. The fraction of sp³-hybridized carbons (Fsp3) is 0.375. The number of aryl methyl sites for hydroxylation is 1. The predicted molar refractivity (Wildman–Crippen MR) is 91.0 cm³/mol. The summed E-state index contributed by atoms with van der Waals surface area (Å²) in [6, 6.07) is 9.64. The summed E-state index contributed by atoms with van der Waals surface area (Å²) in [5, 5.41) is 4.23. The van der Waals surface area contributed by atoms with Crippen molar-refractivity contribution in [2.75, 3.05) is 32.4 Å². The Bertz CT molecular complexity index is 837. The molecule has 1 aliphatic heterocycles. The third-order valence-electron chi connectivity index (χ3n) is 4.21. The minimum atomic E-state index is -3.21. The zero-order valence-corrected chi connectivity index (χ0v) is 14.5. The lowest BCUT2D eigenvalue weighted by Crippen LogP contribution is -2.50. The largest absolute Gasteiger partial charge is 0.336 e. The van der Waals surface area contributed by atoms with E-state index in [2.05, 4.69) is 5.10 Å². The maximum absolute atomic E-state index is 12.9. The minimum Gasteiger partial charge on any atom is -0.336 e. The molecule has 0 unspecified atom stereocenters. The second-order valence-corrected chi connectivity index (χ2v) is 7.83. The van der Waals surface area contributed by atoms with Gasteiger partial charge in [-0.15, -0.1) is 0 Å². The molecule has 7 nitrogen and oxygen atoms in total. The number of carbonyl (C=O) groups is 1. The van der Waals surface area contributed by atoms with Crippen LogP contribution in [-0.4, -0.2) is 65.7 Å². The second kappa shape index (κ2) is 6.37. The topological polar surface area (TPSA) is 75.5 Å². The second-order valence-electron chi connectivity index (χ2n) is 5.85. The molecular weight excluding hydrogens is 328 g/mol. The summed E-state index contributed by atoms with van der Waals surface area (Å²) in [5.41, 5.74) is 2.23. The van der Waals surface area contributed by atoms with Crippen LogP contribution in [0.1, 0.15) is 10.4 Å². The Kier molecular flexibility index (Phi) is 4.42. The van der Waals surface area contributed by atoms with E-state index in [-0.39, 0.29) is 5.91 Å². The highest BCUT2D eigenvalue weighted by Crippen LogP contribution is 2.24. The van der Waals surface area contributed by atoms with Gasteiger partial charge >= 0.3 is 0 Å². The number of benzene rings is 1. The van der Waals surface area contributed by atoms with Gasteiger partial charge in [-0.1, -0.05) is 30.3 Å². The molecule has 2 heterocycles. The van der Waals surface area contributed by atoms with E-state index < -0.39 is 10.0 Å². The van der Waals surface area contributed by atoms with Crippen molar-refractivity contribution in [1.29, 1.82) is 0 Å². The number of sulfonamides is 1. The van der Waals surface area contributed by atoms with E-state index in [1.807, 2.05) is 30.3 Å². The first-order valence-corrected chi connectivity index (χ1v) is 9.54. The Morgan fingerprint density at radius 3 is 2.29 bits per heavy atom. The van der Waals surface area contributed by atoms with Crippen LogP contribution in [0, 0.1) is 0 Å². The molecule has 0 spiro atoms. The highest BCUT2D eigenvalue weighted by atomic mass is 32.2. The van der Waals surface area contributed by atoms with Crippen LogP contribution in [0.4, 0.5) is 0 Å². The quantitative estimate of drug-likeness (QED) is 0.822. The molecule has 1 aromatic heterocycles. The molecule has 1 aromatic carbocycles. The van der Waals surface area contributed by atoms with E-state index >= 15 is 0 Å². The molecule has 128 valence electrons. The average molecular weight is 348 g/mol. The van der Waals surface area contributed by atoms with Gasteiger partial charge in [0.05, 0.1) is 23.7 Å². The maximum Gasteiger partial charge on any atom is 0.257 e. The number of nitrogens with zero attached hydrogens (tertiary/aromatic N) is 4. The van der Waals surface area contributed by atoms with Crippen molar-refractivity contribution < 1.29 is 13.2 Å². The first-order valence-electron chi connectivity index (χ1n) is 7.70. The Balaban J connectivity index is 1.83. The SMILES string of the molecule is Cn1ncc(C(=O)N2CCN(S(C)(=O)=O)CC2)c1-c1ccccc1. The molecule has 1 saturated heterocycles. The Labute approximate surface area is 141 Å². The number of hydrogen-bond donors (Lipinski definition) is 0. The van der Waals surface area contributed by atoms with Gasteiger partial charge in [-0.05, 0) is 0 Å². The lowest BCUT2D eigenvalue weighted by atomic mass is 10.1. The van der Waals surface area contributed by atoms with Gasteiger partial charge in [0.2, 0.25) is 10.0 Å². The van der Waals surface area contributed by atoms with Crippen LogP contribution < -0.4 is 0 Å². The summed E-state index contributed by atoms with van der Waals surface area (Å²) in [4.78, 5) is 14.6. The van der Waals surface area contributed by atoms with E-state index in [0.29, 0.717) is 31.7 Å². The van der Waals surface area contributed by atoms with E-state index in [4.69, 9.17) is 0 Å². The first-order chi connectivity index (χ1) is 11.4. The number of aromatic nitrogens is 2. The molecule has 0 atom stereocenters. The first kappa shape index (κ1) is 16.7. The molecule has 1 amide bonds. The Hall–Kier alpha value is -2.19. The lowest BCUT2D eigenvalue weighted by Gasteiger charge is -2.33. The zero-order valence-electron chi connectivity index (χ0n) is 13.7. The Morgan fingerprint density at radius 2 is 1.71 bits per heavy atom. The average Bonchev–Trinajstić information content (AvgIpc) is 2.96. The van der Waals surface area contributed by atoms with Crippen LogP contribution >= 0.6 is 0 Å². The zero-order chi connectivity index (χ0) is 17.3. The van der Waals surface area contributed by atoms with Crippen LogP contribution in [0.3, 0.4) is 0 Å². The molecule has 1 fully saturated rings. The van der Waals surface area contributed by atoms with Crippen molar-refractivity contribution in [2.45, 2.75) is 0 Å². The van der Waals surface area contributed by atoms with Crippen molar-refractivity contribution in [3.05, 3.63) is 42.1 Å². The highest BCUT2D eigenvalue weighted by molar-refractivity contribution is 7.88. The summed E-state index contributed by atoms with van der Waals surface area (Å²) in [5.74, 6) is -0.116. The molecule has 0 bridgehead atoms.